The van der Waals surface area contributed by atoms with Crippen LogP contribution in [0.15, 0.2) is 52.2 Å². The second-order valence-corrected chi connectivity index (χ2v) is 9.81. The highest BCUT2D eigenvalue weighted by Gasteiger charge is 2.22. The second-order valence-electron chi connectivity index (χ2n) is 7.69. The average Bonchev–Trinajstić information content (AvgIpc) is 2.77. The van der Waals surface area contributed by atoms with E-state index < -0.39 is 10.0 Å². The Balaban J connectivity index is 2.25. The van der Waals surface area contributed by atoms with Crippen molar-refractivity contribution in [3.05, 3.63) is 58.4 Å². The van der Waals surface area contributed by atoms with E-state index in [1.54, 1.807) is 54.3 Å². The summed E-state index contributed by atoms with van der Waals surface area (Å²) in [5.74, 6) is -0.203. The van der Waals surface area contributed by atoms with E-state index in [9.17, 15) is 18.0 Å². The van der Waals surface area contributed by atoms with E-state index in [1.165, 1.54) is 14.1 Å². The van der Waals surface area contributed by atoms with E-state index in [-0.39, 0.29) is 22.9 Å². The quantitative estimate of drug-likeness (QED) is 0.545. The van der Waals surface area contributed by atoms with E-state index in [1.807, 2.05) is 13.8 Å². The monoisotopic (exact) mass is 456 g/mol. The maximum atomic E-state index is 13.0. The van der Waals surface area contributed by atoms with Crippen molar-refractivity contribution in [3.8, 4) is 11.3 Å². The Morgan fingerprint density at radius 2 is 1.66 bits per heavy atom. The summed E-state index contributed by atoms with van der Waals surface area (Å²) in [6, 6.07) is 12.1. The first-order valence-corrected chi connectivity index (χ1v) is 11.9. The molecule has 170 valence electrons. The summed E-state index contributed by atoms with van der Waals surface area (Å²) in [4.78, 5) is 27.5. The summed E-state index contributed by atoms with van der Waals surface area (Å²) in [7, 11) is -0.710. The number of carbonyl (C=O) groups excluding carboxylic acids is 1. The first kappa shape index (κ1) is 23.6. The van der Waals surface area contributed by atoms with Crippen LogP contribution in [0.2, 0.25) is 0 Å². The number of benzene rings is 2. The Bertz CT molecular complexity index is 1330. The smallest absolute Gasteiger partial charge is 0.275 e. The van der Waals surface area contributed by atoms with Gasteiger partial charge in [0.15, 0.2) is 0 Å². The number of aromatic nitrogens is 2. The number of fused-ring (bicyclic) bond motifs is 1. The Kier molecular flexibility index (Phi) is 6.80. The van der Waals surface area contributed by atoms with E-state index in [0.717, 1.165) is 8.99 Å². The molecule has 9 heteroatoms. The minimum absolute atomic E-state index is 0.169. The second kappa shape index (κ2) is 9.22. The van der Waals surface area contributed by atoms with Crippen molar-refractivity contribution in [2.24, 2.45) is 0 Å². The van der Waals surface area contributed by atoms with E-state index >= 15 is 0 Å². The molecule has 1 aromatic heterocycles. The number of amides is 1. The fraction of sp³-hybridized carbons (Fsp3) is 0.348. The molecular formula is C23H28N4O4S. The van der Waals surface area contributed by atoms with E-state index in [4.69, 9.17) is 0 Å². The van der Waals surface area contributed by atoms with Crippen LogP contribution in [0.3, 0.4) is 0 Å². The molecule has 0 bridgehead atoms. The molecule has 1 heterocycles. The molecule has 0 spiro atoms. The van der Waals surface area contributed by atoms with Gasteiger partial charge in [-0.3, -0.25) is 9.59 Å². The lowest BCUT2D eigenvalue weighted by atomic mass is 10.0. The maximum Gasteiger partial charge on any atom is 0.275 e. The number of carbonyl (C=O) groups is 1. The Labute approximate surface area is 188 Å². The molecule has 3 rings (SSSR count). The van der Waals surface area contributed by atoms with E-state index in [2.05, 4.69) is 5.10 Å². The van der Waals surface area contributed by atoms with Gasteiger partial charge in [-0.2, -0.15) is 5.10 Å². The lowest BCUT2D eigenvalue weighted by Gasteiger charge is -2.19. The topological polar surface area (TPSA) is 92.6 Å². The van der Waals surface area contributed by atoms with Crippen LogP contribution in [-0.2, 0) is 21.4 Å². The summed E-state index contributed by atoms with van der Waals surface area (Å²) in [6.45, 7) is 6.37. The molecule has 0 aliphatic heterocycles. The zero-order chi connectivity index (χ0) is 23.6. The van der Waals surface area contributed by atoms with Gasteiger partial charge in [0.2, 0.25) is 15.9 Å². The summed E-state index contributed by atoms with van der Waals surface area (Å²) in [5.41, 5.74) is 1.24. The van der Waals surface area contributed by atoms with Gasteiger partial charge in [-0.25, -0.2) is 17.4 Å². The lowest BCUT2D eigenvalue weighted by molar-refractivity contribution is -0.131. The molecular weight excluding hydrogens is 428 g/mol. The average molecular weight is 457 g/mol. The van der Waals surface area contributed by atoms with E-state index in [0.29, 0.717) is 40.7 Å². The molecule has 32 heavy (non-hydrogen) atoms. The molecule has 0 unspecified atom stereocenters. The zero-order valence-electron chi connectivity index (χ0n) is 19.0. The van der Waals surface area contributed by atoms with Gasteiger partial charge < -0.3 is 4.90 Å². The van der Waals surface area contributed by atoms with Crippen molar-refractivity contribution in [2.45, 2.75) is 32.2 Å². The molecule has 0 N–H and O–H groups in total. The van der Waals surface area contributed by atoms with Gasteiger partial charge in [0.1, 0.15) is 6.54 Å². The standard InChI is InChI=1S/C23H28N4O4S/c1-6-26(7-2)21(28)15-27-23(29)19-11-9-8-10-18(19)22(24-27)17-13-12-16(3)20(14-17)32(30,31)25(4)5/h8-14H,6-7,15H2,1-5H3. The van der Waals surface area contributed by atoms with Gasteiger partial charge in [0, 0.05) is 38.1 Å². The van der Waals surface area contributed by atoms with Crippen molar-refractivity contribution in [1.82, 2.24) is 19.0 Å². The number of hydrogen-bond donors (Lipinski definition) is 0. The SMILES string of the molecule is CCN(CC)C(=O)Cn1nc(-c2ccc(C)c(S(=O)(=O)N(C)C)c2)c2ccccc2c1=O. The molecule has 0 fully saturated rings. The Morgan fingerprint density at radius 3 is 2.25 bits per heavy atom. The fourth-order valence-corrected chi connectivity index (χ4v) is 4.73. The van der Waals surface area contributed by atoms with Crippen LogP contribution >= 0.6 is 0 Å². The fourth-order valence-electron chi connectivity index (χ4n) is 3.58. The first-order chi connectivity index (χ1) is 15.1. The van der Waals surface area contributed by atoms with Crippen LogP contribution < -0.4 is 5.56 Å². The van der Waals surface area contributed by atoms with Gasteiger partial charge in [0.25, 0.3) is 5.56 Å². The van der Waals surface area contributed by atoms with Crippen LogP contribution in [-0.4, -0.2) is 60.5 Å². The molecule has 0 atom stereocenters. The zero-order valence-corrected chi connectivity index (χ0v) is 19.8. The number of hydrogen-bond acceptors (Lipinski definition) is 5. The molecule has 3 aromatic rings. The number of likely N-dealkylation sites (N-methyl/N-ethyl adjacent to an activating group) is 1. The Morgan fingerprint density at radius 1 is 1.03 bits per heavy atom. The van der Waals surface area contributed by atoms with Gasteiger partial charge in [0.05, 0.1) is 16.0 Å². The van der Waals surface area contributed by atoms with Crippen molar-refractivity contribution < 1.29 is 13.2 Å². The molecule has 0 aliphatic rings. The van der Waals surface area contributed by atoms with Gasteiger partial charge >= 0.3 is 0 Å². The van der Waals surface area contributed by atoms with Gasteiger partial charge in [-0.05, 0) is 38.5 Å². The third-order valence-corrected chi connectivity index (χ3v) is 7.45. The van der Waals surface area contributed by atoms with Crippen LogP contribution in [0.25, 0.3) is 22.0 Å². The number of aryl methyl sites for hydroxylation is 1. The highest BCUT2D eigenvalue weighted by molar-refractivity contribution is 7.89. The number of sulfonamides is 1. The molecule has 1 amide bonds. The van der Waals surface area contributed by atoms with Gasteiger partial charge in [-0.1, -0.05) is 30.3 Å². The van der Waals surface area contributed by atoms with Crippen LogP contribution in [0.4, 0.5) is 0 Å². The van der Waals surface area contributed by atoms with Crippen molar-refractivity contribution in [3.63, 3.8) is 0 Å². The first-order valence-electron chi connectivity index (χ1n) is 10.4. The lowest BCUT2D eigenvalue weighted by Crippen LogP contribution is -2.37. The highest BCUT2D eigenvalue weighted by Crippen LogP contribution is 2.29. The molecule has 0 aliphatic carbocycles. The molecule has 0 radical (unpaired) electrons. The molecule has 8 nitrogen and oxygen atoms in total. The van der Waals surface area contributed by atoms with Crippen LogP contribution in [0, 0.1) is 6.92 Å². The van der Waals surface area contributed by atoms with Crippen molar-refractivity contribution in [2.75, 3.05) is 27.2 Å². The van der Waals surface area contributed by atoms with Gasteiger partial charge in [-0.15, -0.1) is 0 Å². The minimum atomic E-state index is -3.67. The third kappa shape index (κ3) is 4.31. The van der Waals surface area contributed by atoms with Crippen molar-refractivity contribution in [1.29, 1.82) is 0 Å². The minimum Gasteiger partial charge on any atom is -0.342 e. The predicted octanol–water partition coefficient (Wildman–Crippen LogP) is 2.49. The summed E-state index contributed by atoms with van der Waals surface area (Å²) < 4.78 is 27.9. The number of rotatable bonds is 7. The Hall–Kier alpha value is -3.04. The molecule has 2 aromatic carbocycles. The molecule has 0 saturated heterocycles. The summed E-state index contributed by atoms with van der Waals surface area (Å²) in [5, 5.41) is 5.52. The normalized spacial score (nSPS) is 11.8. The van der Waals surface area contributed by atoms with Crippen molar-refractivity contribution >= 4 is 26.7 Å². The predicted molar refractivity (Wildman–Crippen MR) is 125 cm³/mol. The summed E-state index contributed by atoms with van der Waals surface area (Å²) in [6.07, 6.45) is 0. The van der Waals surface area contributed by atoms with Crippen LogP contribution in [0.1, 0.15) is 19.4 Å². The third-order valence-electron chi connectivity index (χ3n) is 5.49. The van der Waals surface area contributed by atoms with Crippen LogP contribution in [0.5, 0.6) is 0 Å². The molecule has 0 saturated carbocycles. The largest absolute Gasteiger partial charge is 0.342 e. The maximum absolute atomic E-state index is 13.0. The number of nitrogens with zero attached hydrogens (tertiary/aromatic N) is 4. The highest BCUT2D eigenvalue weighted by atomic mass is 32.2. The summed E-state index contributed by atoms with van der Waals surface area (Å²) >= 11 is 0.